The van der Waals surface area contributed by atoms with E-state index in [2.05, 4.69) is 45.4 Å². The Balaban J connectivity index is 1.43. The molecular formula is C22H37ClN6. The van der Waals surface area contributed by atoms with Crippen LogP contribution in [0.2, 0.25) is 5.02 Å². The average Bonchev–Trinajstić information content (AvgIpc) is 3.07. The summed E-state index contributed by atoms with van der Waals surface area (Å²) in [6.07, 6.45) is 3.49. The first-order valence-corrected chi connectivity index (χ1v) is 11.5. The highest BCUT2D eigenvalue weighted by Crippen LogP contribution is 2.23. The predicted octanol–water partition coefficient (Wildman–Crippen LogP) is 2.50. The van der Waals surface area contributed by atoms with Crippen molar-refractivity contribution in [1.29, 1.82) is 0 Å². The van der Waals surface area contributed by atoms with E-state index in [1.807, 2.05) is 18.2 Å². The van der Waals surface area contributed by atoms with Gasteiger partial charge in [0.15, 0.2) is 5.96 Å². The van der Waals surface area contributed by atoms with Crippen LogP contribution in [-0.2, 0) is 0 Å². The van der Waals surface area contributed by atoms with Gasteiger partial charge in [-0.3, -0.25) is 4.99 Å². The van der Waals surface area contributed by atoms with Crippen LogP contribution in [0.25, 0.3) is 0 Å². The maximum atomic E-state index is 6.15. The SMILES string of the molecule is CCNC(=NCCCN1CCCN(C)CC1)NC1CCN(c2cccc(Cl)c2)C1. The van der Waals surface area contributed by atoms with E-state index in [0.717, 1.165) is 56.5 Å². The molecule has 2 N–H and O–H groups in total. The average molecular weight is 421 g/mol. The minimum absolute atomic E-state index is 0.410. The van der Waals surface area contributed by atoms with Gasteiger partial charge in [0, 0.05) is 56.0 Å². The summed E-state index contributed by atoms with van der Waals surface area (Å²) in [6.45, 7) is 11.8. The molecule has 6 nitrogen and oxygen atoms in total. The molecule has 1 aromatic rings. The number of anilines is 1. The maximum Gasteiger partial charge on any atom is 0.191 e. The van der Waals surface area contributed by atoms with Crippen molar-refractivity contribution in [2.75, 3.05) is 70.9 Å². The fourth-order valence-electron chi connectivity index (χ4n) is 4.11. The van der Waals surface area contributed by atoms with Crippen molar-refractivity contribution in [1.82, 2.24) is 20.4 Å². The van der Waals surface area contributed by atoms with E-state index in [4.69, 9.17) is 16.6 Å². The van der Waals surface area contributed by atoms with Gasteiger partial charge in [0.25, 0.3) is 0 Å². The molecule has 3 rings (SSSR count). The van der Waals surface area contributed by atoms with E-state index in [1.165, 1.54) is 38.3 Å². The molecule has 2 heterocycles. The maximum absolute atomic E-state index is 6.15. The Hall–Kier alpha value is -1.50. The lowest BCUT2D eigenvalue weighted by Gasteiger charge is -2.21. The van der Waals surface area contributed by atoms with Crippen LogP contribution in [-0.4, -0.2) is 87.8 Å². The van der Waals surface area contributed by atoms with Gasteiger partial charge < -0.3 is 25.3 Å². The van der Waals surface area contributed by atoms with Gasteiger partial charge in [0.1, 0.15) is 0 Å². The summed E-state index contributed by atoms with van der Waals surface area (Å²) in [4.78, 5) is 12.2. The Morgan fingerprint density at radius 2 is 2.10 bits per heavy atom. The van der Waals surface area contributed by atoms with E-state index in [0.29, 0.717) is 6.04 Å². The second-order valence-electron chi connectivity index (χ2n) is 8.17. The normalized spacial score (nSPS) is 22.0. The molecule has 0 saturated carbocycles. The van der Waals surface area contributed by atoms with Crippen LogP contribution in [0.4, 0.5) is 5.69 Å². The number of aliphatic imine (C=N–C) groups is 1. The van der Waals surface area contributed by atoms with Crippen molar-refractivity contribution in [3.05, 3.63) is 29.3 Å². The minimum Gasteiger partial charge on any atom is -0.369 e. The van der Waals surface area contributed by atoms with E-state index >= 15 is 0 Å². The Bertz CT molecular complexity index is 652. The fourth-order valence-corrected chi connectivity index (χ4v) is 4.29. The molecule has 0 aromatic heterocycles. The molecule has 2 aliphatic rings. The first kappa shape index (κ1) is 22.2. The molecule has 2 saturated heterocycles. The van der Waals surface area contributed by atoms with E-state index in [1.54, 1.807) is 0 Å². The molecule has 29 heavy (non-hydrogen) atoms. The highest BCUT2D eigenvalue weighted by molar-refractivity contribution is 6.30. The molecule has 1 unspecified atom stereocenters. The van der Waals surface area contributed by atoms with Crippen LogP contribution in [0.1, 0.15) is 26.2 Å². The number of halogens is 1. The van der Waals surface area contributed by atoms with Gasteiger partial charge >= 0.3 is 0 Å². The van der Waals surface area contributed by atoms with E-state index < -0.39 is 0 Å². The van der Waals surface area contributed by atoms with Gasteiger partial charge in [0.2, 0.25) is 0 Å². The molecule has 1 aromatic carbocycles. The quantitative estimate of drug-likeness (QED) is 0.403. The standard InChI is InChI=1S/C22H37ClN6/c1-3-24-22(25-10-5-12-28-13-6-11-27(2)15-16-28)26-20-9-14-29(18-20)21-8-4-7-19(23)17-21/h4,7-8,17,20H,3,5-6,9-16,18H2,1-2H3,(H2,24,25,26). The van der Waals surface area contributed by atoms with Crippen molar-refractivity contribution >= 4 is 23.2 Å². The number of hydrogen-bond acceptors (Lipinski definition) is 4. The molecule has 2 fully saturated rings. The van der Waals surface area contributed by atoms with Gasteiger partial charge in [-0.25, -0.2) is 0 Å². The monoisotopic (exact) mass is 420 g/mol. The van der Waals surface area contributed by atoms with Crippen molar-refractivity contribution in [3.8, 4) is 0 Å². The van der Waals surface area contributed by atoms with Crippen LogP contribution < -0.4 is 15.5 Å². The summed E-state index contributed by atoms with van der Waals surface area (Å²) >= 11 is 6.15. The molecule has 162 valence electrons. The van der Waals surface area contributed by atoms with Crippen LogP contribution in [0, 0.1) is 0 Å². The lowest BCUT2D eigenvalue weighted by molar-refractivity contribution is 0.275. The van der Waals surface area contributed by atoms with Gasteiger partial charge in [0.05, 0.1) is 0 Å². The summed E-state index contributed by atoms with van der Waals surface area (Å²) in [7, 11) is 2.22. The van der Waals surface area contributed by atoms with Crippen molar-refractivity contribution in [2.45, 2.75) is 32.2 Å². The number of nitrogens with one attached hydrogen (secondary N) is 2. The molecule has 7 heteroatoms. The fraction of sp³-hybridized carbons (Fsp3) is 0.682. The third kappa shape index (κ3) is 7.36. The van der Waals surface area contributed by atoms with Crippen LogP contribution >= 0.6 is 11.6 Å². The summed E-state index contributed by atoms with van der Waals surface area (Å²) < 4.78 is 0. The molecule has 0 spiro atoms. The third-order valence-electron chi connectivity index (χ3n) is 5.76. The second kappa shape index (κ2) is 11.6. The number of likely N-dealkylation sites (N-methyl/N-ethyl adjacent to an activating group) is 1. The van der Waals surface area contributed by atoms with Crippen molar-refractivity contribution in [2.24, 2.45) is 4.99 Å². The van der Waals surface area contributed by atoms with E-state index in [9.17, 15) is 0 Å². The topological polar surface area (TPSA) is 46.1 Å². The summed E-state index contributed by atoms with van der Waals surface area (Å²) in [5.41, 5.74) is 1.20. The molecular weight excluding hydrogens is 384 g/mol. The van der Waals surface area contributed by atoms with Gasteiger partial charge in [-0.1, -0.05) is 17.7 Å². The zero-order valence-electron chi connectivity index (χ0n) is 18.0. The smallest absolute Gasteiger partial charge is 0.191 e. The molecule has 0 bridgehead atoms. The Labute approximate surface area is 181 Å². The number of nitrogens with zero attached hydrogens (tertiary/aromatic N) is 4. The summed E-state index contributed by atoms with van der Waals surface area (Å²) in [5, 5.41) is 7.83. The zero-order valence-corrected chi connectivity index (χ0v) is 18.8. The molecule has 0 amide bonds. The highest BCUT2D eigenvalue weighted by Gasteiger charge is 2.23. The second-order valence-corrected chi connectivity index (χ2v) is 8.60. The molecule has 0 aliphatic carbocycles. The zero-order chi connectivity index (χ0) is 20.5. The lowest BCUT2D eigenvalue weighted by atomic mass is 10.2. The van der Waals surface area contributed by atoms with Crippen molar-refractivity contribution in [3.63, 3.8) is 0 Å². The summed E-state index contributed by atoms with van der Waals surface area (Å²) in [6, 6.07) is 8.54. The van der Waals surface area contributed by atoms with E-state index in [-0.39, 0.29) is 0 Å². The number of rotatable bonds is 7. The van der Waals surface area contributed by atoms with Crippen LogP contribution in [0.15, 0.2) is 29.3 Å². The van der Waals surface area contributed by atoms with Crippen LogP contribution in [0.5, 0.6) is 0 Å². The number of guanidine groups is 1. The largest absolute Gasteiger partial charge is 0.369 e. The summed E-state index contributed by atoms with van der Waals surface area (Å²) in [5.74, 6) is 0.945. The number of benzene rings is 1. The number of hydrogen-bond donors (Lipinski definition) is 2. The predicted molar refractivity (Wildman–Crippen MR) is 124 cm³/mol. The Morgan fingerprint density at radius 1 is 1.21 bits per heavy atom. The van der Waals surface area contributed by atoms with Crippen molar-refractivity contribution < 1.29 is 0 Å². The lowest BCUT2D eigenvalue weighted by Crippen LogP contribution is -2.44. The Morgan fingerprint density at radius 3 is 2.93 bits per heavy atom. The highest BCUT2D eigenvalue weighted by atomic mass is 35.5. The first-order valence-electron chi connectivity index (χ1n) is 11.1. The molecule has 1 atom stereocenters. The van der Waals surface area contributed by atoms with Gasteiger partial charge in [-0.2, -0.15) is 0 Å². The molecule has 2 aliphatic heterocycles. The Kier molecular flexibility index (Phi) is 8.90. The van der Waals surface area contributed by atoms with Gasteiger partial charge in [-0.15, -0.1) is 0 Å². The molecule has 0 radical (unpaired) electrons. The van der Waals surface area contributed by atoms with Gasteiger partial charge in [-0.05, 0) is 71.1 Å². The third-order valence-corrected chi connectivity index (χ3v) is 6.00. The van der Waals surface area contributed by atoms with Crippen LogP contribution in [0.3, 0.4) is 0 Å². The minimum atomic E-state index is 0.410. The first-order chi connectivity index (χ1) is 14.1.